The lowest BCUT2D eigenvalue weighted by Crippen LogP contribution is -2.26. The van der Waals surface area contributed by atoms with Crippen LogP contribution >= 0.6 is 0 Å². The third-order valence-electron chi connectivity index (χ3n) is 3.22. The van der Waals surface area contributed by atoms with Crippen LogP contribution in [0.3, 0.4) is 0 Å². The second-order valence-electron chi connectivity index (χ2n) is 4.89. The maximum atomic E-state index is 4.25. The van der Waals surface area contributed by atoms with Crippen molar-refractivity contribution in [2.75, 3.05) is 18.0 Å². The van der Waals surface area contributed by atoms with E-state index in [1.807, 2.05) is 18.5 Å². The second-order valence-corrected chi connectivity index (χ2v) is 4.89. The maximum absolute atomic E-state index is 4.25. The summed E-state index contributed by atoms with van der Waals surface area (Å²) in [5.41, 5.74) is 2.58. The lowest BCUT2D eigenvalue weighted by molar-refractivity contribution is 0.681. The molecule has 1 aliphatic carbocycles. The highest BCUT2D eigenvalue weighted by Gasteiger charge is 2.20. The Labute approximate surface area is 110 Å². The van der Waals surface area contributed by atoms with Crippen molar-refractivity contribution in [3.8, 4) is 0 Å². The van der Waals surface area contributed by atoms with E-state index in [4.69, 9.17) is 0 Å². The Morgan fingerprint density at radius 3 is 3.06 bits per heavy atom. The minimum Gasteiger partial charge on any atom is -0.367 e. The fraction of sp³-hybridized carbons (Fsp3) is 0.533. The number of pyridine rings is 1. The highest BCUT2D eigenvalue weighted by molar-refractivity contribution is 5.52. The molecule has 0 unspecified atom stereocenters. The quantitative estimate of drug-likeness (QED) is 0.714. The van der Waals surface area contributed by atoms with E-state index < -0.39 is 0 Å². The zero-order chi connectivity index (χ0) is 12.8. The molecule has 1 aliphatic rings. The molecule has 0 radical (unpaired) electrons. The van der Waals surface area contributed by atoms with Crippen molar-refractivity contribution < 1.29 is 0 Å². The van der Waals surface area contributed by atoms with E-state index >= 15 is 0 Å². The first-order valence-electron chi connectivity index (χ1n) is 6.87. The minimum atomic E-state index is 0.733. The zero-order valence-corrected chi connectivity index (χ0v) is 11.2. The van der Waals surface area contributed by atoms with Crippen LogP contribution in [0.15, 0.2) is 31.1 Å². The molecule has 0 saturated heterocycles. The van der Waals surface area contributed by atoms with Gasteiger partial charge in [0.1, 0.15) is 0 Å². The molecule has 0 amide bonds. The average molecular weight is 245 g/mol. The van der Waals surface area contributed by atoms with Crippen molar-refractivity contribution in [1.82, 2.24) is 10.3 Å². The monoisotopic (exact) mass is 245 g/mol. The van der Waals surface area contributed by atoms with Crippen LogP contribution < -0.4 is 10.2 Å². The van der Waals surface area contributed by atoms with Gasteiger partial charge in [-0.2, -0.15) is 0 Å². The number of hydrogen-bond acceptors (Lipinski definition) is 3. The molecule has 1 saturated carbocycles. The molecule has 0 aromatic carbocycles. The van der Waals surface area contributed by atoms with E-state index in [-0.39, 0.29) is 0 Å². The molecule has 1 aromatic rings. The van der Waals surface area contributed by atoms with Crippen molar-refractivity contribution in [2.45, 2.75) is 38.8 Å². The Balaban J connectivity index is 2.09. The molecule has 98 valence electrons. The van der Waals surface area contributed by atoms with Gasteiger partial charge in [-0.25, -0.2) is 0 Å². The topological polar surface area (TPSA) is 28.2 Å². The largest absolute Gasteiger partial charge is 0.367 e. The van der Waals surface area contributed by atoms with Crippen LogP contribution in [0.25, 0.3) is 0 Å². The summed E-state index contributed by atoms with van der Waals surface area (Å²) >= 11 is 0. The van der Waals surface area contributed by atoms with Crippen LogP contribution in [0, 0.1) is 0 Å². The first kappa shape index (κ1) is 13.1. The molecule has 1 fully saturated rings. The molecule has 0 aliphatic heterocycles. The Kier molecular flexibility index (Phi) is 4.76. The van der Waals surface area contributed by atoms with E-state index in [9.17, 15) is 0 Å². The van der Waals surface area contributed by atoms with Gasteiger partial charge in [-0.3, -0.25) is 4.98 Å². The van der Waals surface area contributed by atoms with E-state index in [1.165, 1.54) is 24.1 Å². The van der Waals surface area contributed by atoms with E-state index in [0.29, 0.717) is 0 Å². The standard InChI is InChI=1S/C15H23N3/c1-3-9-18(10-4-2)15-7-8-16-11-13(15)12-17-14-5-6-14/h3,7-8,11,14,17H,1,4-6,9-10,12H2,2H3. The molecule has 1 N–H and O–H groups in total. The summed E-state index contributed by atoms with van der Waals surface area (Å²) in [7, 11) is 0. The Morgan fingerprint density at radius 2 is 2.39 bits per heavy atom. The van der Waals surface area contributed by atoms with Gasteiger partial charge in [0.05, 0.1) is 0 Å². The number of nitrogens with one attached hydrogen (secondary N) is 1. The van der Waals surface area contributed by atoms with Crippen LogP contribution in [-0.4, -0.2) is 24.1 Å². The summed E-state index contributed by atoms with van der Waals surface area (Å²) < 4.78 is 0. The van der Waals surface area contributed by atoms with Gasteiger partial charge in [-0.1, -0.05) is 13.0 Å². The summed E-state index contributed by atoms with van der Waals surface area (Å²) in [6, 6.07) is 2.85. The molecule has 1 heterocycles. The molecule has 18 heavy (non-hydrogen) atoms. The number of nitrogens with zero attached hydrogens (tertiary/aromatic N) is 2. The van der Waals surface area contributed by atoms with E-state index in [2.05, 4.69) is 34.8 Å². The smallest absolute Gasteiger partial charge is 0.0445 e. The molecule has 3 heteroatoms. The van der Waals surface area contributed by atoms with Gasteiger partial charge in [-0.05, 0) is 25.3 Å². The minimum absolute atomic E-state index is 0.733. The summed E-state index contributed by atoms with van der Waals surface area (Å²) in [5, 5.41) is 3.56. The van der Waals surface area contributed by atoms with Crippen LogP contribution in [0.5, 0.6) is 0 Å². The van der Waals surface area contributed by atoms with Crippen molar-refractivity contribution >= 4 is 5.69 Å². The Morgan fingerprint density at radius 1 is 1.56 bits per heavy atom. The number of rotatable bonds is 8. The predicted molar refractivity (Wildman–Crippen MR) is 76.8 cm³/mol. The van der Waals surface area contributed by atoms with Crippen LogP contribution in [0.2, 0.25) is 0 Å². The van der Waals surface area contributed by atoms with Gasteiger partial charge >= 0.3 is 0 Å². The Hall–Kier alpha value is -1.35. The summed E-state index contributed by atoms with van der Waals surface area (Å²) in [6.07, 6.45) is 9.61. The molecule has 3 nitrogen and oxygen atoms in total. The highest BCUT2D eigenvalue weighted by Crippen LogP contribution is 2.23. The van der Waals surface area contributed by atoms with Crippen LogP contribution in [0.4, 0.5) is 5.69 Å². The van der Waals surface area contributed by atoms with Crippen LogP contribution in [0.1, 0.15) is 31.7 Å². The average Bonchev–Trinajstić information content (AvgIpc) is 3.21. The number of aromatic nitrogens is 1. The molecule has 0 bridgehead atoms. The third-order valence-corrected chi connectivity index (χ3v) is 3.22. The van der Waals surface area contributed by atoms with Gasteiger partial charge in [0.25, 0.3) is 0 Å². The predicted octanol–water partition coefficient (Wildman–Crippen LogP) is 2.74. The van der Waals surface area contributed by atoms with Gasteiger partial charge in [0.15, 0.2) is 0 Å². The van der Waals surface area contributed by atoms with Gasteiger partial charge in [0, 0.05) is 49.3 Å². The summed E-state index contributed by atoms with van der Waals surface area (Å²) in [4.78, 5) is 6.63. The van der Waals surface area contributed by atoms with Crippen molar-refractivity contribution in [3.05, 3.63) is 36.7 Å². The number of anilines is 1. The molecular weight excluding hydrogens is 222 g/mol. The van der Waals surface area contributed by atoms with Crippen molar-refractivity contribution in [3.63, 3.8) is 0 Å². The molecular formula is C15H23N3. The fourth-order valence-electron chi connectivity index (χ4n) is 2.14. The Bertz CT molecular complexity index is 385. The molecule has 0 atom stereocenters. The summed E-state index contributed by atoms with van der Waals surface area (Å²) in [5.74, 6) is 0. The molecule has 2 rings (SSSR count). The molecule has 0 spiro atoms. The van der Waals surface area contributed by atoms with Crippen molar-refractivity contribution in [2.24, 2.45) is 0 Å². The first-order chi connectivity index (χ1) is 8.85. The summed E-state index contributed by atoms with van der Waals surface area (Å²) in [6.45, 7) is 8.94. The second kappa shape index (κ2) is 6.55. The fourth-order valence-corrected chi connectivity index (χ4v) is 2.14. The lowest BCUT2D eigenvalue weighted by Gasteiger charge is -2.25. The SMILES string of the molecule is C=CCN(CCC)c1ccncc1CNC1CC1. The third kappa shape index (κ3) is 3.57. The van der Waals surface area contributed by atoms with Gasteiger partial charge < -0.3 is 10.2 Å². The van der Waals surface area contributed by atoms with Gasteiger partial charge in [-0.15, -0.1) is 6.58 Å². The zero-order valence-electron chi connectivity index (χ0n) is 11.2. The highest BCUT2D eigenvalue weighted by atomic mass is 15.1. The lowest BCUT2D eigenvalue weighted by atomic mass is 10.2. The number of hydrogen-bond donors (Lipinski definition) is 1. The first-order valence-corrected chi connectivity index (χ1v) is 6.87. The van der Waals surface area contributed by atoms with Gasteiger partial charge in [0.2, 0.25) is 0 Å². The normalized spacial score (nSPS) is 14.5. The maximum Gasteiger partial charge on any atom is 0.0445 e. The van der Waals surface area contributed by atoms with E-state index in [0.717, 1.165) is 32.1 Å². The molecule has 1 aromatic heterocycles. The van der Waals surface area contributed by atoms with Crippen LogP contribution in [-0.2, 0) is 6.54 Å². The van der Waals surface area contributed by atoms with E-state index in [1.54, 1.807) is 0 Å². The van der Waals surface area contributed by atoms with Crippen molar-refractivity contribution in [1.29, 1.82) is 0 Å².